The standard InChI is InChI=1S/C12H12N6S/c1-9-6-19-12(17-9)5-14-10-2-3-11(15-4-10)18-8-13-7-16-18/h2-4,6-8,14H,5H2,1H3. The summed E-state index contributed by atoms with van der Waals surface area (Å²) in [4.78, 5) is 12.6. The first-order chi connectivity index (χ1) is 9.31. The van der Waals surface area contributed by atoms with Crippen LogP contribution in [0.25, 0.3) is 5.82 Å². The molecule has 96 valence electrons. The van der Waals surface area contributed by atoms with Crippen LogP contribution in [0.5, 0.6) is 0 Å². The maximum absolute atomic E-state index is 4.40. The normalized spacial score (nSPS) is 10.6. The lowest BCUT2D eigenvalue weighted by Gasteiger charge is -2.05. The molecule has 6 nitrogen and oxygen atoms in total. The van der Waals surface area contributed by atoms with Crippen LogP contribution in [0, 0.1) is 6.92 Å². The lowest BCUT2D eigenvalue weighted by atomic mass is 10.4. The van der Waals surface area contributed by atoms with Gasteiger partial charge in [0.2, 0.25) is 0 Å². The Morgan fingerprint density at radius 3 is 2.95 bits per heavy atom. The number of thiazole rings is 1. The van der Waals surface area contributed by atoms with Gasteiger partial charge in [-0.25, -0.2) is 19.6 Å². The van der Waals surface area contributed by atoms with Gasteiger partial charge in [0.25, 0.3) is 0 Å². The van der Waals surface area contributed by atoms with Crippen LogP contribution in [0.3, 0.4) is 0 Å². The van der Waals surface area contributed by atoms with E-state index in [1.807, 2.05) is 24.4 Å². The van der Waals surface area contributed by atoms with E-state index in [1.165, 1.54) is 6.33 Å². The van der Waals surface area contributed by atoms with Crippen LogP contribution < -0.4 is 5.32 Å². The number of nitrogens with zero attached hydrogens (tertiary/aromatic N) is 5. The SMILES string of the molecule is Cc1csc(CNc2ccc(-n3cncn3)nc2)n1. The summed E-state index contributed by atoms with van der Waals surface area (Å²) in [6, 6.07) is 3.86. The van der Waals surface area contributed by atoms with Crippen molar-refractivity contribution < 1.29 is 0 Å². The Morgan fingerprint density at radius 2 is 2.32 bits per heavy atom. The molecule has 3 aromatic rings. The van der Waals surface area contributed by atoms with E-state index in [4.69, 9.17) is 0 Å². The van der Waals surface area contributed by atoms with Crippen LogP contribution in [-0.4, -0.2) is 24.7 Å². The van der Waals surface area contributed by atoms with Crippen molar-refractivity contribution in [3.05, 3.63) is 47.1 Å². The molecular weight excluding hydrogens is 260 g/mol. The molecule has 0 aliphatic heterocycles. The lowest BCUT2D eigenvalue weighted by Crippen LogP contribution is -2.02. The Hall–Kier alpha value is -2.28. The van der Waals surface area contributed by atoms with E-state index >= 15 is 0 Å². The highest BCUT2D eigenvalue weighted by atomic mass is 32.1. The number of rotatable bonds is 4. The molecule has 0 bridgehead atoms. The second kappa shape index (κ2) is 5.15. The van der Waals surface area contributed by atoms with Gasteiger partial charge in [-0.2, -0.15) is 5.10 Å². The van der Waals surface area contributed by atoms with Gasteiger partial charge in [-0.05, 0) is 19.1 Å². The fraction of sp³-hybridized carbons (Fsp3) is 0.167. The molecule has 0 radical (unpaired) electrons. The van der Waals surface area contributed by atoms with Gasteiger partial charge in [-0.1, -0.05) is 0 Å². The van der Waals surface area contributed by atoms with Crippen LogP contribution in [0.4, 0.5) is 5.69 Å². The summed E-state index contributed by atoms with van der Waals surface area (Å²) in [5, 5.41) is 10.4. The van der Waals surface area contributed by atoms with Crippen LogP contribution in [0.1, 0.15) is 10.7 Å². The van der Waals surface area contributed by atoms with Gasteiger partial charge in [0.15, 0.2) is 5.82 Å². The van der Waals surface area contributed by atoms with Gasteiger partial charge < -0.3 is 5.32 Å². The summed E-state index contributed by atoms with van der Waals surface area (Å²) in [7, 11) is 0. The summed E-state index contributed by atoms with van der Waals surface area (Å²) in [5.41, 5.74) is 2.01. The quantitative estimate of drug-likeness (QED) is 0.787. The van der Waals surface area contributed by atoms with Crippen molar-refractivity contribution in [3.8, 4) is 5.82 Å². The lowest BCUT2D eigenvalue weighted by molar-refractivity contribution is 0.845. The maximum Gasteiger partial charge on any atom is 0.155 e. The zero-order valence-electron chi connectivity index (χ0n) is 10.3. The minimum atomic E-state index is 0.711. The predicted molar refractivity (Wildman–Crippen MR) is 73.3 cm³/mol. The van der Waals surface area contributed by atoms with E-state index < -0.39 is 0 Å². The monoisotopic (exact) mass is 272 g/mol. The van der Waals surface area contributed by atoms with Gasteiger partial charge >= 0.3 is 0 Å². The Balaban J connectivity index is 1.66. The van der Waals surface area contributed by atoms with E-state index in [-0.39, 0.29) is 0 Å². The van der Waals surface area contributed by atoms with Gasteiger partial charge in [0, 0.05) is 11.1 Å². The van der Waals surface area contributed by atoms with Crippen LogP contribution in [-0.2, 0) is 6.54 Å². The number of aromatic nitrogens is 5. The first kappa shape index (κ1) is 11.8. The number of hydrogen-bond acceptors (Lipinski definition) is 6. The minimum absolute atomic E-state index is 0.711. The van der Waals surface area contributed by atoms with Crippen molar-refractivity contribution in [3.63, 3.8) is 0 Å². The Bertz CT molecular complexity index is 643. The number of anilines is 1. The third-order valence-electron chi connectivity index (χ3n) is 2.51. The second-order valence-corrected chi connectivity index (χ2v) is 4.92. The number of pyridine rings is 1. The van der Waals surface area contributed by atoms with Crippen LogP contribution in [0.15, 0.2) is 36.4 Å². The molecule has 0 aliphatic carbocycles. The van der Waals surface area contributed by atoms with Crippen molar-refractivity contribution in [1.29, 1.82) is 0 Å². The molecule has 3 aromatic heterocycles. The highest BCUT2D eigenvalue weighted by Crippen LogP contribution is 2.13. The molecule has 1 N–H and O–H groups in total. The van der Waals surface area contributed by atoms with Crippen molar-refractivity contribution in [2.75, 3.05) is 5.32 Å². The van der Waals surface area contributed by atoms with E-state index in [2.05, 4.69) is 25.4 Å². The molecule has 0 spiro atoms. The second-order valence-electron chi connectivity index (χ2n) is 3.98. The molecule has 0 amide bonds. The smallest absolute Gasteiger partial charge is 0.155 e. The maximum atomic E-state index is 4.40. The topological polar surface area (TPSA) is 68.5 Å². The fourth-order valence-electron chi connectivity index (χ4n) is 1.61. The van der Waals surface area contributed by atoms with Crippen molar-refractivity contribution >= 4 is 17.0 Å². The summed E-state index contributed by atoms with van der Waals surface area (Å²) in [6.07, 6.45) is 4.88. The first-order valence-corrected chi connectivity index (χ1v) is 6.65. The fourth-order valence-corrected chi connectivity index (χ4v) is 2.33. The van der Waals surface area contributed by atoms with Gasteiger partial charge in [-0.15, -0.1) is 11.3 Å². The van der Waals surface area contributed by atoms with Gasteiger partial charge in [-0.3, -0.25) is 0 Å². The van der Waals surface area contributed by atoms with Crippen LogP contribution >= 0.6 is 11.3 Å². The molecule has 3 heterocycles. The molecule has 7 heteroatoms. The molecule has 19 heavy (non-hydrogen) atoms. The molecule has 0 aromatic carbocycles. The average molecular weight is 272 g/mol. The molecule has 0 atom stereocenters. The molecule has 0 saturated heterocycles. The molecule has 0 aliphatic rings. The van der Waals surface area contributed by atoms with Crippen LogP contribution in [0.2, 0.25) is 0 Å². The first-order valence-electron chi connectivity index (χ1n) is 5.77. The number of hydrogen-bond donors (Lipinski definition) is 1. The zero-order valence-corrected chi connectivity index (χ0v) is 11.1. The highest BCUT2D eigenvalue weighted by molar-refractivity contribution is 7.09. The number of aryl methyl sites for hydroxylation is 1. The van der Waals surface area contributed by atoms with Crippen molar-refractivity contribution in [2.24, 2.45) is 0 Å². The number of nitrogens with one attached hydrogen (secondary N) is 1. The summed E-state index contributed by atoms with van der Waals surface area (Å²) in [6.45, 7) is 2.71. The Kier molecular flexibility index (Phi) is 3.20. The molecule has 0 fully saturated rings. The third kappa shape index (κ3) is 2.76. The predicted octanol–water partition coefficient (Wildman–Crippen LogP) is 2.04. The van der Waals surface area contributed by atoms with E-state index in [0.717, 1.165) is 22.2 Å². The van der Waals surface area contributed by atoms with Gasteiger partial charge in [0.1, 0.15) is 17.7 Å². The largest absolute Gasteiger partial charge is 0.377 e. The van der Waals surface area contributed by atoms with Gasteiger partial charge in [0.05, 0.1) is 18.4 Å². The minimum Gasteiger partial charge on any atom is -0.377 e. The average Bonchev–Trinajstić information content (AvgIpc) is 3.08. The molecular formula is C12H12N6S. The third-order valence-corrected chi connectivity index (χ3v) is 3.48. The van der Waals surface area contributed by atoms with E-state index in [1.54, 1.807) is 28.5 Å². The Morgan fingerprint density at radius 1 is 1.37 bits per heavy atom. The summed E-state index contributed by atoms with van der Waals surface area (Å²) < 4.78 is 1.62. The molecule has 0 saturated carbocycles. The Labute approximate surface area is 114 Å². The summed E-state index contributed by atoms with van der Waals surface area (Å²) in [5.74, 6) is 0.744. The zero-order chi connectivity index (χ0) is 13.1. The van der Waals surface area contributed by atoms with E-state index in [9.17, 15) is 0 Å². The van der Waals surface area contributed by atoms with Crippen molar-refractivity contribution in [2.45, 2.75) is 13.5 Å². The highest BCUT2D eigenvalue weighted by Gasteiger charge is 2.01. The summed E-state index contributed by atoms with van der Waals surface area (Å²) >= 11 is 1.65. The van der Waals surface area contributed by atoms with Crippen molar-refractivity contribution in [1.82, 2.24) is 24.7 Å². The molecule has 0 unspecified atom stereocenters. The van der Waals surface area contributed by atoms with E-state index in [0.29, 0.717) is 6.54 Å². The molecule has 3 rings (SSSR count).